The van der Waals surface area contributed by atoms with E-state index < -0.39 is 11.7 Å². The van der Waals surface area contributed by atoms with E-state index in [1.165, 1.54) is 6.07 Å². The number of benzene rings is 1. The van der Waals surface area contributed by atoms with E-state index in [2.05, 4.69) is 5.32 Å². The molecule has 0 saturated carbocycles. The van der Waals surface area contributed by atoms with Crippen LogP contribution in [0.5, 0.6) is 0 Å². The highest BCUT2D eigenvalue weighted by molar-refractivity contribution is 5.57. The quantitative estimate of drug-likeness (QED) is 0.900. The van der Waals surface area contributed by atoms with Crippen LogP contribution in [0, 0.1) is 0 Å². The largest absolute Gasteiger partial charge is 0.418 e. The van der Waals surface area contributed by atoms with Gasteiger partial charge < -0.3 is 10.2 Å². The SMILES string of the molecule is CNCc1ccc(N2CCCCCC2C)c(C(F)(F)F)c1. The Hall–Kier alpha value is -1.23. The van der Waals surface area contributed by atoms with Gasteiger partial charge in [0.2, 0.25) is 0 Å². The van der Waals surface area contributed by atoms with Crippen molar-refractivity contribution < 1.29 is 13.2 Å². The number of hydrogen-bond acceptors (Lipinski definition) is 2. The average molecular weight is 300 g/mol. The molecule has 2 rings (SSSR count). The molecule has 2 nitrogen and oxygen atoms in total. The Morgan fingerprint density at radius 1 is 1.24 bits per heavy atom. The van der Waals surface area contributed by atoms with Gasteiger partial charge in [0.15, 0.2) is 0 Å². The van der Waals surface area contributed by atoms with E-state index >= 15 is 0 Å². The van der Waals surface area contributed by atoms with Gasteiger partial charge in [-0.2, -0.15) is 13.2 Å². The van der Waals surface area contributed by atoms with Gasteiger partial charge in [0.05, 0.1) is 5.56 Å². The van der Waals surface area contributed by atoms with Crippen LogP contribution in [-0.2, 0) is 12.7 Å². The molecule has 1 saturated heterocycles. The molecular formula is C16H23F3N2. The standard InChI is InChI=1S/C16H23F3N2/c1-12-6-4-3-5-9-21(12)15-8-7-13(11-20-2)10-14(15)16(17,18)19/h7-8,10,12,20H,3-6,9,11H2,1-2H3. The third kappa shape index (κ3) is 3.90. The maximum Gasteiger partial charge on any atom is 0.418 e. The fraction of sp³-hybridized carbons (Fsp3) is 0.625. The van der Waals surface area contributed by atoms with Crippen LogP contribution in [0.3, 0.4) is 0 Å². The molecule has 1 heterocycles. The minimum absolute atomic E-state index is 0.156. The number of anilines is 1. The molecule has 1 aliphatic heterocycles. The first-order valence-electron chi connectivity index (χ1n) is 7.55. The van der Waals surface area contributed by atoms with Gasteiger partial charge in [-0.05, 0) is 44.5 Å². The predicted octanol–water partition coefficient (Wildman–Crippen LogP) is 4.19. The summed E-state index contributed by atoms with van der Waals surface area (Å²) in [6, 6.07) is 4.86. The minimum Gasteiger partial charge on any atom is -0.368 e. The molecule has 0 amide bonds. The van der Waals surface area contributed by atoms with Gasteiger partial charge >= 0.3 is 6.18 Å². The normalized spacial score (nSPS) is 20.4. The number of halogens is 3. The molecule has 1 aromatic carbocycles. The second kappa shape index (κ2) is 6.69. The zero-order valence-electron chi connectivity index (χ0n) is 12.6. The van der Waals surface area contributed by atoms with E-state index in [1.54, 1.807) is 19.2 Å². The van der Waals surface area contributed by atoms with Crippen LogP contribution < -0.4 is 10.2 Å². The van der Waals surface area contributed by atoms with Crippen LogP contribution in [0.25, 0.3) is 0 Å². The summed E-state index contributed by atoms with van der Waals surface area (Å²) in [5.41, 5.74) is 0.483. The lowest BCUT2D eigenvalue weighted by Crippen LogP contribution is -2.34. The Labute approximate surface area is 124 Å². The first-order valence-corrected chi connectivity index (χ1v) is 7.55. The van der Waals surface area contributed by atoms with Gasteiger partial charge in [-0.1, -0.05) is 18.9 Å². The Morgan fingerprint density at radius 2 is 2.00 bits per heavy atom. The summed E-state index contributed by atoms with van der Waals surface area (Å²) >= 11 is 0. The topological polar surface area (TPSA) is 15.3 Å². The third-order valence-corrected chi connectivity index (χ3v) is 4.11. The van der Waals surface area contributed by atoms with Crippen molar-refractivity contribution in [1.29, 1.82) is 0 Å². The predicted molar refractivity (Wildman–Crippen MR) is 79.5 cm³/mol. The molecule has 1 unspecified atom stereocenters. The first kappa shape index (κ1) is 16.1. The van der Waals surface area contributed by atoms with Crippen LogP contribution in [-0.4, -0.2) is 19.6 Å². The van der Waals surface area contributed by atoms with Crippen molar-refractivity contribution in [3.63, 3.8) is 0 Å². The van der Waals surface area contributed by atoms with Gasteiger partial charge in [0.1, 0.15) is 0 Å². The number of nitrogens with one attached hydrogen (secondary N) is 1. The third-order valence-electron chi connectivity index (χ3n) is 4.11. The lowest BCUT2D eigenvalue weighted by Gasteiger charge is -2.32. The minimum atomic E-state index is -4.31. The molecule has 1 atom stereocenters. The number of alkyl halides is 3. The van der Waals surface area contributed by atoms with E-state index in [1.807, 2.05) is 11.8 Å². The Bertz CT molecular complexity index is 471. The van der Waals surface area contributed by atoms with Crippen molar-refractivity contribution in [3.05, 3.63) is 29.3 Å². The van der Waals surface area contributed by atoms with Crippen LogP contribution in [0.15, 0.2) is 18.2 Å². The van der Waals surface area contributed by atoms with E-state index in [4.69, 9.17) is 0 Å². The molecule has 5 heteroatoms. The second-order valence-electron chi connectivity index (χ2n) is 5.77. The van der Waals surface area contributed by atoms with E-state index in [0.717, 1.165) is 25.7 Å². The smallest absolute Gasteiger partial charge is 0.368 e. The van der Waals surface area contributed by atoms with Crippen molar-refractivity contribution in [2.45, 2.75) is 51.4 Å². The maximum absolute atomic E-state index is 13.4. The van der Waals surface area contributed by atoms with Crippen LogP contribution >= 0.6 is 0 Å². The monoisotopic (exact) mass is 300 g/mol. The van der Waals surface area contributed by atoms with Crippen molar-refractivity contribution in [2.75, 3.05) is 18.5 Å². The molecule has 1 aromatic rings. The van der Waals surface area contributed by atoms with Crippen LogP contribution in [0.4, 0.5) is 18.9 Å². The summed E-state index contributed by atoms with van der Waals surface area (Å²) in [5, 5.41) is 2.90. The molecule has 1 aliphatic rings. The fourth-order valence-corrected chi connectivity index (χ4v) is 3.01. The van der Waals surface area contributed by atoms with Crippen LogP contribution in [0.2, 0.25) is 0 Å². The summed E-state index contributed by atoms with van der Waals surface area (Å²) in [4.78, 5) is 1.93. The first-order chi connectivity index (χ1) is 9.93. The van der Waals surface area contributed by atoms with E-state index in [9.17, 15) is 13.2 Å². The Morgan fingerprint density at radius 3 is 2.67 bits per heavy atom. The highest BCUT2D eigenvalue weighted by Gasteiger charge is 2.36. The summed E-state index contributed by atoms with van der Waals surface area (Å²) in [7, 11) is 1.73. The molecule has 0 aliphatic carbocycles. The zero-order valence-corrected chi connectivity index (χ0v) is 12.6. The summed E-state index contributed by atoms with van der Waals surface area (Å²) in [5.74, 6) is 0. The fourth-order valence-electron chi connectivity index (χ4n) is 3.01. The van der Waals surface area contributed by atoms with E-state index in [0.29, 0.717) is 24.3 Å². The average Bonchev–Trinajstić information content (AvgIpc) is 2.63. The molecule has 1 fully saturated rings. The lowest BCUT2D eigenvalue weighted by atomic mass is 10.0. The Balaban J connectivity index is 2.41. The molecule has 0 radical (unpaired) electrons. The van der Waals surface area contributed by atoms with Crippen LogP contribution in [0.1, 0.15) is 43.7 Å². The molecular weight excluding hydrogens is 277 g/mol. The molecule has 0 bridgehead atoms. The van der Waals surface area contributed by atoms with Gasteiger partial charge in [-0.25, -0.2) is 0 Å². The molecule has 0 spiro atoms. The van der Waals surface area contributed by atoms with Crippen molar-refractivity contribution in [2.24, 2.45) is 0 Å². The summed E-state index contributed by atoms with van der Waals surface area (Å²) in [6.45, 7) is 3.17. The summed E-state index contributed by atoms with van der Waals surface area (Å²) < 4.78 is 40.2. The van der Waals surface area contributed by atoms with Gasteiger partial charge in [-0.3, -0.25) is 0 Å². The second-order valence-corrected chi connectivity index (χ2v) is 5.77. The lowest BCUT2D eigenvalue weighted by molar-refractivity contribution is -0.137. The Kier molecular flexibility index (Phi) is 5.14. The van der Waals surface area contributed by atoms with Crippen molar-refractivity contribution in [1.82, 2.24) is 5.32 Å². The number of hydrogen-bond donors (Lipinski definition) is 1. The van der Waals surface area contributed by atoms with Gasteiger partial charge in [0.25, 0.3) is 0 Å². The highest BCUT2D eigenvalue weighted by Crippen LogP contribution is 2.39. The van der Waals surface area contributed by atoms with Crippen molar-refractivity contribution in [3.8, 4) is 0 Å². The number of rotatable bonds is 3. The van der Waals surface area contributed by atoms with Crippen molar-refractivity contribution >= 4 is 5.69 Å². The molecule has 1 N–H and O–H groups in total. The zero-order chi connectivity index (χ0) is 15.5. The maximum atomic E-state index is 13.4. The van der Waals surface area contributed by atoms with Gasteiger partial charge in [0, 0.05) is 24.8 Å². The number of nitrogens with zero attached hydrogens (tertiary/aromatic N) is 1. The molecule has 0 aromatic heterocycles. The molecule has 21 heavy (non-hydrogen) atoms. The summed E-state index contributed by atoms with van der Waals surface area (Å²) in [6.07, 6.45) is -0.211. The molecule has 118 valence electrons. The highest BCUT2D eigenvalue weighted by atomic mass is 19.4. The van der Waals surface area contributed by atoms with Gasteiger partial charge in [-0.15, -0.1) is 0 Å². The van der Waals surface area contributed by atoms with E-state index in [-0.39, 0.29) is 6.04 Å².